The number of carbonyl (C=O) groups is 1. The molecule has 29 heavy (non-hydrogen) atoms. The van der Waals surface area contributed by atoms with Crippen molar-refractivity contribution < 1.29 is 4.79 Å². The normalized spacial score (nSPS) is 14.3. The van der Waals surface area contributed by atoms with E-state index in [1.165, 1.54) is 0 Å². The van der Waals surface area contributed by atoms with Gasteiger partial charge in [-0.05, 0) is 36.4 Å². The third-order valence-corrected chi connectivity index (χ3v) is 5.06. The fraction of sp³-hybridized carbons (Fsp3) is 0.190. The van der Waals surface area contributed by atoms with Gasteiger partial charge in [-0.25, -0.2) is 4.98 Å². The third kappa shape index (κ3) is 3.40. The van der Waals surface area contributed by atoms with E-state index >= 15 is 0 Å². The lowest BCUT2D eigenvalue weighted by atomic mass is 10.2. The van der Waals surface area contributed by atoms with Crippen molar-refractivity contribution in [3.05, 3.63) is 72.8 Å². The highest BCUT2D eigenvalue weighted by molar-refractivity contribution is 5.94. The maximum Gasteiger partial charge on any atom is 0.274 e. The van der Waals surface area contributed by atoms with Crippen LogP contribution in [0.3, 0.4) is 0 Å². The Hall–Kier alpha value is -3.81. The summed E-state index contributed by atoms with van der Waals surface area (Å²) in [5, 5.41) is 8.65. The minimum atomic E-state index is -0.0862. The van der Waals surface area contributed by atoms with Gasteiger partial charge in [0.25, 0.3) is 5.91 Å². The minimum absolute atomic E-state index is 0.0862. The number of hydrogen-bond donors (Lipinski definition) is 0. The third-order valence-electron chi connectivity index (χ3n) is 5.06. The van der Waals surface area contributed by atoms with E-state index in [9.17, 15) is 4.79 Å². The molecule has 0 atom stereocenters. The lowest BCUT2D eigenvalue weighted by Crippen LogP contribution is -2.49. The van der Waals surface area contributed by atoms with Crippen molar-refractivity contribution >= 4 is 22.8 Å². The number of rotatable bonds is 3. The molecule has 0 saturated carbocycles. The molecule has 0 bridgehead atoms. The van der Waals surface area contributed by atoms with E-state index in [4.69, 9.17) is 0 Å². The average molecular weight is 385 g/mol. The van der Waals surface area contributed by atoms with E-state index in [-0.39, 0.29) is 5.91 Å². The van der Waals surface area contributed by atoms with Crippen LogP contribution in [0.4, 0.5) is 5.82 Å². The topological polar surface area (TPSA) is 80.0 Å². The van der Waals surface area contributed by atoms with Gasteiger partial charge in [-0.15, -0.1) is 10.2 Å². The summed E-state index contributed by atoms with van der Waals surface area (Å²) >= 11 is 0. The van der Waals surface area contributed by atoms with E-state index in [2.05, 4.69) is 25.1 Å². The highest BCUT2D eigenvalue weighted by Gasteiger charge is 2.24. The number of para-hydroxylation sites is 2. The fourth-order valence-electron chi connectivity index (χ4n) is 3.47. The lowest BCUT2D eigenvalue weighted by Gasteiger charge is -2.35. The molecule has 1 saturated heterocycles. The van der Waals surface area contributed by atoms with Crippen LogP contribution in [-0.2, 0) is 0 Å². The molecule has 4 aromatic rings. The van der Waals surface area contributed by atoms with E-state index in [1.807, 2.05) is 70.4 Å². The van der Waals surface area contributed by atoms with Gasteiger partial charge in [-0.2, -0.15) is 0 Å². The van der Waals surface area contributed by atoms with Gasteiger partial charge >= 0.3 is 0 Å². The number of fused-ring (bicyclic) bond motifs is 1. The minimum Gasteiger partial charge on any atom is -0.352 e. The molecule has 144 valence electrons. The van der Waals surface area contributed by atoms with Gasteiger partial charge in [-0.3, -0.25) is 9.78 Å². The largest absolute Gasteiger partial charge is 0.352 e. The standard InChI is InChI=1S/C21H19N7O/c29-21(18-15-22-16-5-1-2-6-17(16)23-18)28-13-11-27(12-14-28)20-8-7-19(24-25-20)26-9-3-4-10-26/h1-10,15H,11-14H2. The average Bonchev–Trinajstić information content (AvgIpc) is 3.33. The fourth-order valence-corrected chi connectivity index (χ4v) is 3.47. The molecule has 8 heteroatoms. The summed E-state index contributed by atoms with van der Waals surface area (Å²) in [5.41, 5.74) is 1.90. The Kier molecular flexibility index (Phi) is 4.36. The number of piperazine rings is 1. The molecular weight excluding hydrogens is 366 g/mol. The summed E-state index contributed by atoms with van der Waals surface area (Å²) < 4.78 is 1.91. The number of aromatic nitrogens is 5. The highest BCUT2D eigenvalue weighted by atomic mass is 16.2. The number of nitrogens with zero attached hydrogens (tertiary/aromatic N) is 7. The zero-order chi connectivity index (χ0) is 19.6. The first-order valence-electron chi connectivity index (χ1n) is 9.51. The zero-order valence-electron chi connectivity index (χ0n) is 15.7. The van der Waals surface area contributed by atoms with Crippen LogP contribution in [-0.4, -0.2) is 61.7 Å². The van der Waals surface area contributed by atoms with Crippen molar-refractivity contribution in [3.63, 3.8) is 0 Å². The van der Waals surface area contributed by atoms with E-state index in [0.29, 0.717) is 31.9 Å². The van der Waals surface area contributed by atoms with E-state index < -0.39 is 0 Å². The molecular formula is C21H19N7O. The number of carbonyl (C=O) groups excluding carboxylic acids is 1. The predicted octanol–water partition coefficient (Wildman–Crippen LogP) is 2.17. The molecule has 1 fully saturated rings. The quantitative estimate of drug-likeness (QED) is 0.538. The maximum absolute atomic E-state index is 12.8. The number of anilines is 1. The van der Waals surface area contributed by atoms with Crippen LogP contribution >= 0.6 is 0 Å². The van der Waals surface area contributed by atoms with Crippen molar-refractivity contribution in [2.75, 3.05) is 31.1 Å². The van der Waals surface area contributed by atoms with Gasteiger partial charge in [0.2, 0.25) is 0 Å². The van der Waals surface area contributed by atoms with Gasteiger partial charge in [0.1, 0.15) is 5.69 Å². The van der Waals surface area contributed by atoms with Crippen LogP contribution in [0.25, 0.3) is 16.9 Å². The van der Waals surface area contributed by atoms with Gasteiger partial charge in [0.15, 0.2) is 11.6 Å². The van der Waals surface area contributed by atoms with Gasteiger partial charge in [0.05, 0.1) is 17.2 Å². The van der Waals surface area contributed by atoms with Crippen LogP contribution in [0.2, 0.25) is 0 Å². The summed E-state index contributed by atoms with van der Waals surface area (Å²) in [5.74, 6) is 1.51. The van der Waals surface area contributed by atoms with Gasteiger partial charge < -0.3 is 14.4 Å². The SMILES string of the molecule is O=C(c1cnc2ccccc2n1)N1CCN(c2ccc(-n3cccc3)nn2)CC1. The smallest absolute Gasteiger partial charge is 0.274 e. The highest BCUT2D eigenvalue weighted by Crippen LogP contribution is 2.16. The Morgan fingerprint density at radius 2 is 1.48 bits per heavy atom. The molecule has 5 rings (SSSR count). The molecule has 1 aromatic carbocycles. The summed E-state index contributed by atoms with van der Waals surface area (Å²) in [7, 11) is 0. The first-order chi connectivity index (χ1) is 14.3. The van der Waals surface area contributed by atoms with E-state index in [1.54, 1.807) is 6.20 Å². The molecule has 1 aliphatic rings. The van der Waals surface area contributed by atoms with Crippen molar-refractivity contribution in [1.29, 1.82) is 0 Å². The first-order valence-corrected chi connectivity index (χ1v) is 9.51. The van der Waals surface area contributed by atoms with Gasteiger partial charge in [0, 0.05) is 38.6 Å². The van der Waals surface area contributed by atoms with Crippen LogP contribution in [0.15, 0.2) is 67.1 Å². The lowest BCUT2D eigenvalue weighted by molar-refractivity contribution is 0.0740. The van der Waals surface area contributed by atoms with E-state index in [0.717, 1.165) is 22.7 Å². The Morgan fingerprint density at radius 3 is 2.21 bits per heavy atom. The molecule has 3 aromatic heterocycles. The number of benzene rings is 1. The summed E-state index contributed by atoms with van der Waals surface area (Å²) in [6.07, 6.45) is 5.43. The number of hydrogen-bond acceptors (Lipinski definition) is 6. The predicted molar refractivity (Wildman–Crippen MR) is 109 cm³/mol. The van der Waals surface area contributed by atoms with Crippen molar-refractivity contribution in [2.24, 2.45) is 0 Å². The second-order valence-corrected chi connectivity index (χ2v) is 6.86. The Balaban J connectivity index is 1.25. The second-order valence-electron chi connectivity index (χ2n) is 6.86. The molecule has 1 aliphatic heterocycles. The maximum atomic E-state index is 12.8. The van der Waals surface area contributed by atoms with Crippen molar-refractivity contribution in [2.45, 2.75) is 0 Å². The summed E-state index contributed by atoms with van der Waals surface area (Å²) in [4.78, 5) is 25.6. The number of amides is 1. The Morgan fingerprint density at radius 1 is 0.793 bits per heavy atom. The zero-order valence-corrected chi connectivity index (χ0v) is 15.7. The molecule has 4 heterocycles. The molecule has 1 amide bonds. The molecule has 0 radical (unpaired) electrons. The molecule has 0 N–H and O–H groups in total. The van der Waals surface area contributed by atoms with Crippen molar-refractivity contribution in [1.82, 2.24) is 29.6 Å². The molecule has 8 nitrogen and oxygen atoms in total. The molecule has 0 spiro atoms. The summed E-state index contributed by atoms with van der Waals surface area (Å²) in [6, 6.07) is 15.4. The molecule has 0 aliphatic carbocycles. The first kappa shape index (κ1) is 17.3. The summed E-state index contributed by atoms with van der Waals surface area (Å²) in [6.45, 7) is 2.61. The van der Waals surface area contributed by atoms with Crippen LogP contribution in [0, 0.1) is 0 Å². The van der Waals surface area contributed by atoms with Gasteiger partial charge in [-0.1, -0.05) is 12.1 Å². The van der Waals surface area contributed by atoms with Crippen LogP contribution in [0.5, 0.6) is 0 Å². The van der Waals surface area contributed by atoms with Crippen LogP contribution < -0.4 is 4.90 Å². The van der Waals surface area contributed by atoms with Crippen molar-refractivity contribution in [3.8, 4) is 5.82 Å². The molecule has 0 unspecified atom stereocenters. The monoisotopic (exact) mass is 385 g/mol. The Bertz CT molecular complexity index is 1130. The van der Waals surface area contributed by atoms with Crippen LogP contribution in [0.1, 0.15) is 10.5 Å². The Labute approximate surface area is 167 Å². The second kappa shape index (κ2) is 7.31.